The standard InChI is InChI=1S/C13H13ClN4O2/c1-8-4-13(20)18(7-16-8)6-12(19)17-11-3-2-9(14)5-10(11)15/h2-5,7H,6,15H2,1H3,(H,17,19). The van der Waals surface area contributed by atoms with Crippen LogP contribution in [0.1, 0.15) is 5.69 Å². The summed E-state index contributed by atoms with van der Waals surface area (Å²) in [5.74, 6) is -0.369. The molecule has 0 fully saturated rings. The Morgan fingerprint density at radius 1 is 1.45 bits per heavy atom. The first-order chi connectivity index (χ1) is 9.45. The highest BCUT2D eigenvalue weighted by Gasteiger charge is 2.08. The zero-order valence-electron chi connectivity index (χ0n) is 10.8. The van der Waals surface area contributed by atoms with Crippen molar-refractivity contribution in [1.82, 2.24) is 9.55 Å². The van der Waals surface area contributed by atoms with E-state index in [0.29, 0.717) is 22.1 Å². The Balaban J connectivity index is 2.11. The second-order valence-electron chi connectivity index (χ2n) is 4.28. The maximum atomic E-state index is 11.9. The lowest BCUT2D eigenvalue weighted by molar-refractivity contribution is -0.116. The minimum Gasteiger partial charge on any atom is -0.397 e. The van der Waals surface area contributed by atoms with E-state index in [1.54, 1.807) is 19.1 Å². The second-order valence-corrected chi connectivity index (χ2v) is 4.71. The third-order valence-corrected chi connectivity index (χ3v) is 2.85. The van der Waals surface area contributed by atoms with Crippen LogP contribution < -0.4 is 16.6 Å². The predicted octanol–water partition coefficient (Wildman–Crippen LogP) is 1.43. The van der Waals surface area contributed by atoms with Gasteiger partial charge < -0.3 is 11.1 Å². The Morgan fingerprint density at radius 2 is 2.20 bits per heavy atom. The molecule has 104 valence electrons. The van der Waals surface area contributed by atoms with E-state index in [-0.39, 0.29) is 18.0 Å². The Hall–Kier alpha value is -2.34. The molecule has 2 rings (SSSR count). The van der Waals surface area contributed by atoms with Gasteiger partial charge in [0.25, 0.3) is 5.56 Å². The van der Waals surface area contributed by atoms with Gasteiger partial charge in [0.1, 0.15) is 6.54 Å². The van der Waals surface area contributed by atoms with Crippen LogP contribution in [-0.4, -0.2) is 15.5 Å². The molecule has 0 atom stereocenters. The third-order valence-electron chi connectivity index (χ3n) is 2.62. The number of aromatic nitrogens is 2. The van der Waals surface area contributed by atoms with Crippen molar-refractivity contribution in [2.75, 3.05) is 11.1 Å². The van der Waals surface area contributed by atoms with Gasteiger partial charge in [-0.3, -0.25) is 14.2 Å². The molecule has 0 radical (unpaired) electrons. The highest BCUT2D eigenvalue weighted by Crippen LogP contribution is 2.22. The van der Waals surface area contributed by atoms with Gasteiger partial charge in [0, 0.05) is 16.8 Å². The van der Waals surface area contributed by atoms with Gasteiger partial charge in [-0.05, 0) is 25.1 Å². The Kier molecular flexibility index (Phi) is 4.05. The van der Waals surface area contributed by atoms with E-state index < -0.39 is 0 Å². The summed E-state index contributed by atoms with van der Waals surface area (Å²) >= 11 is 5.77. The maximum absolute atomic E-state index is 11.9. The molecule has 6 nitrogen and oxygen atoms in total. The normalized spacial score (nSPS) is 10.3. The number of aryl methyl sites for hydroxylation is 1. The van der Waals surface area contributed by atoms with Gasteiger partial charge in [-0.15, -0.1) is 0 Å². The van der Waals surface area contributed by atoms with Crippen molar-refractivity contribution < 1.29 is 4.79 Å². The molecular weight excluding hydrogens is 280 g/mol. The van der Waals surface area contributed by atoms with Gasteiger partial charge in [-0.25, -0.2) is 4.98 Å². The third kappa shape index (κ3) is 3.36. The van der Waals surface area contributed by atoms with Crippen LogP contribution in [0.3, 0.4) is 0 Å². The van der Waals surface area contributed by atoms with E-state index in [1.807, 2.05) is 0 Å². The summed E-state index contributed by atoms with van der Waals surface area (Å²) < 4.78 is 1.22. The molecule has 0 saturated heterocycles. The summed E-state index contributed by atoms with van der Waals surface area (Å²) in [5, 5.41) is 3.10. The van der Waals surface area contributed by atoms with Crippen molar-refractivity contribution in [1.29, 1.82) is 0 Å². The lowest BCUT2D eigenvalue weighted by atomic mass is 10.2. The van der Waals surface area contributed by atoms with Crippen LogP contribution in [0.15, 0.2) is 35.4 Å². The van der Waals surface area contributed by atoms with Crippen LogP contribution in [0.4, 0.5) is 11.4 Å². The topological polar surface area (TPSA) is 90.0 Å². The number of nitrogens with zero attached hydrogens (tertiary/aromatic N) is 2. The number of nitrogens with one attached hydrogen (secondary N) is 1. The molecule has 0 bridgehead atoms. The van der Waals surface area contributed by atoms with E-state index in [2.05, 4.69) is 10.3 Å². The summed E-state index contributed by atoms with van der Waals surface area (Å²) in [7, 11) is 0. The molecule has 0 aliphatic carbocycles. The molecule has 0 unspecified atom stereocenters. The summed E-state index contributed by atoms with van der Waals surface area (Å²) in [4.78, 5) is 27.5. The van der Waals surface area contributed by atoms with Crippen molar-refractivity contribution >= 4 is 28.9 Å². The van der Waals surface area contributed by atoms with Gasteiger partial charge in [-0.1, -0.05) is 11.6 Å². The van der Waals surface area contributed by atoms with Gasteiger partial charge in [-0.2, -0.15) is 0 Å². The Labute approximate surface area is 120 Å². The zero-order chi connectivity index (χ0) is 14.7. The van der Waals surface area contributed by atoms with Crippen LogP contribution in [0.2, 0.25) is 5.02 Å². The van der Waals surface area contributed by atoms with E-state index in [0.717, 1.165) is 0 Å². The number of carbonyl (C=O) groups is 1. The Morgan fingerprint density at radius 3 is 2.85 bits per heavy atom. The molecule has 0 saturated carbocycles. The molecule has 3 N–H and O–H groups in total. The highest BCUT2D eigenvalue weighted by atomic mass is 35.5. The lowest BCUT2D eigenvalue weighted by Gasteiger charge is -2.09. The first-order valence-corrected chi connectivity index (χ1v) is 6.21. The highest BCUT2D eigenvalue weighted by molar-refractivity contribution is 6.31. The van der Waals surface area contributed by atoms with E-state index >= 15 is 0 Å². The van der Waals surface area contributed by atoms with Crippen LogP contribution >= 0.6 is 11.6 Å². The zero-order valence-corrected chi connectivity index (χ0v) is 11.5. The van der Waals surface area contributed by atoms with Gasteiger partial charge in [0.05, 0.1) is 17.7 Å². The molecule has 1 heterocycles. The average molecular weight is 293 g/mol. The fraction of sp³-hybridized carbons (Fsp3) is 0.154. The van der Waals surface area contributed by atoms with E-state index in [4.69, 9.17) is 17.3 Å². The van der Waals surface area contributed by atoms with E-state index in [9.17, 15) is 9.59 Å². The second kappa shape index (κ2) is 5.75. The molecule has 1 aromatic heterocycles. The number of hydrogen-bond donors (Lipinski definition) is 2. The minimum atomic E-state index is -0.369. The van der Waals surface area contributed by atoms with Crippen LogP contribution in [0.5, 0.6) is 0 Å². The van der Waals surface area contributed by atoms with Crippen LogP contribution in [0.25, 0.3) is 0 Å². The van der Waals surface area contributed by atoms with Crippen molar-refractivity contribution in [3.63, 3.8) is 0 Å². The number of halogens is 1. The smallest absolute Gasteiger partial charge is 0.253 e. The molecule has 1 amide bonds. The summed E-state index contributed by atoms with van der Waals surface area (Å²) in [6.07, 6.45) is 1.34. The number of nitrogens with two attached hydrogens (primary N) is 1. The molecule has 0 aliphatic heterocycles. The molecule has 7 heteroatoms. The van der Waals surface area contributed by atoms with Crippen molar-refractivity contribution in [3.8, 4) is 0 Å². The van der Waals surface area contributed by atoms with Gasteiger partial charge in [0.15, 0.2) is 0 Å². The van der Waals surface area contributed by atoms with Gasteiger partial charge in [0.2, 0.25) is 5.91 Å². The maximum Gasteiger partial charge on any atom is 0.253 e. The number of carbonyl (C=O) groups excluding carboxylic acids is 1. The largest absolute Gasteiger partial charge is 0.397 e. The lowest BCUT2D eigenvalue weighted by Crippen LogP contribution is -2.27. The fourth-order valence-corrected chi connectivity index (χ4v) is 1.81. The Bertz CT molecular complexity index is 712. The summed E-state index contributed by atoms with van der Waals surface area (Å²) in [6, 6.07) is 6.12. The first kappa shape index (κ1) is 14.1. The molecular formula is C13H13ClN4O2. The molecule has 0 spiro atoms. The predicted molar refractivity (Wildman–Crippen MR) is 77.7 cm³/mol. The number of nitrogen functional groups attached to an aromatic ring is 1. The molecule has 0 aliphatic rings. The molecule has 2 aromatic rings. The van der Waals surface area contributed by atoms with E-state index in [1.165, 1.54) is 23.0 Å². The summed E-state index contributed by atoms with van der Waals surface area (Å²) in [6.45, 7) is 1.58. The minimum absolute atomic E-state index is 0.131. The number of benzene rings is 1. The van der Waals surface area contributed by atoms with Crippen molar-refractivity contribution in [3.05, 3.63) is 51.7 Å². The fourth-order valence-electron chi connectivity index (χ4n) is 1.63. The number of hydrogen-bond acceptors (Lipinski definition) is 4. The van der Waals surface area contributed by atoms with Gasteiger partial charge >= 0.3 is 0 Å². The quantitative estimate of drug-likeness (QED) is 0.837. The summed E-state index contributed by atoms with van der Waals surface area (Å²) in [5.41, 5.74) is 6.87. The van der Waals surface area contributed by atoms with Crippen LogP contribution in [-0.2, 0) is 11.3 Å². The number of anilines is 2. The SMILES string of the molecule is Cc1cc(=O)n(CC(=O)Nc2ccc(Cl)cc2N)cn1. The number of rotatable bonds is 3. The molecule has 20 heavy (non-hydrogen) atoms. The number of amides is 1. The van der Waals surface area contributed by atoms with Crippen molar-refractivity contribution in [2.24, 2.45) is 0 Å². The van der Waals surface area contributed by atoms with Crippen molar-refractivity contribution in [2.45, 2.75) is 13.5 Å². The average Bonchev–Trinajstić information content (AvgIpc) is 2.36. The molecule has 1 aromatic carbocycles. The first-order valence-electron chi connectivity index (χ1n) is 5.83. The van der Waals surface area contributed by atoms with Crippen LogP contribution in [0, 0.1) is 6.92 Å². The monoisotopic (exact) mass is 292 g/mol.